The van der Waals surface area contributed by atoms with Gasteiger partial charge in [0.25, 0.3) is 0 Å². The number of rotatable bonds is 1. The Morgan fingerprint density at radius 1 is 1.31 bits per heavy atom. The van der Waals surface area contributed by atoms with E-state index >= 15 is 0 Å². The van der Waals surface area contributed by atoms with E-state index in [2.05, 4.69) is 11.3 Å². The predicted octanol–water partition coefficient (Wildman–Crippen LogP) is 2.98. The van der Waals surface area contributed by atoms with Crippen molar-refractivity contribution in [2.75, 3.05) is 0 Å². The molecule has 13 heavy (non-hydrogen) atoms. The SMILES string of the molecule is Clc1ccc(-n2cc[c]n2)c(Cl)c1. The monoisotopic (exact) mass is 211 g/mol. The number of aromatic nitrogens is 2. The van der Waals surface area contributed by atoms with E-state index in [1.807, 2.05) is 6.07 Å². The molecule has 0 amide bonds. The second kappa shape index (κ2) is 3.40. The smallest absolute Gasteiger partial charge is 0.113 e. The van der Waals surface area contributed by atoms with Gasteiger partial charge in [0.15, 0.2) is 0 Å². The summed E-state index contributed by atoms with van der Waals surface area (Å²) in [7, 11) is 0. The van der Waals surface area contributed by atoms with Crippen molar-refractivity contribution in [3.8, 4) is 5.69 Å². The molecule has 65 valence electrons. The van der Waals surface area contributed by atoms with Crippen molar-refractivity contribution in [1.29, 1.82) is 0 Å². The number of nitrogens with zero attached hydrogens (tertiary/aromatic N) is 2. The van der Waals surface area contributed by atoms with Crippen molar-refractivity contribution in [2.24, 2.45) is 0 Å². The van der Waals surface area contributed by atoms with E-state index in [0.29, 0.717) is 10.0 Å². The fourth-order valence-corrected chi connectivity index (χ4v) is 1.53. The van der Waals surface area contributed by atoms with Gasteiger partial charge in [-0.3, -0.25) is 0 Å². The lowest BCUT2D eigenvalue weighted by molar-refractivity contribution is 0.877. The topological polar surface area (TPSA) is 17.8 Å². The lowest BCUT2D eigenvalue weighted by atomic mass is 10.3. The van der Waals surface area contributed by atoms with Gasteiger partial charge in [-0.25, -0.2) is 4.68 Å². The second-order valence-corrected chi connectivity index (χ2v) is 3.33. The molecule has 0 spiro atoms. The predicted molar refractivity (Wildman–Crippen MR) is 52.4 cm³/mol. The number of hydrogen-bond acceptors (Lipinski definition) is 1. The van der Waals surface area contributed by atoms with Crippen molar-refractivity contribution in [2.45, 2.75) is 0 Å². The Morgan fingerprint density at radius 2 is 2.15 bits per heavy atom. The quantitative estimate of drug-likeness (QED) is 0.710. The van der Waals surface area contributed by atoms with Crippen LogP contribution in [0.5, 0.6) is 0 Å². The fraction of sp³-hybridized carbons (Fsp3) is 0. The summed E-state index contributed by atoms with van der Waals surface area (Å²) in [4.78, 5) is 0. The van der Waals surface area contributed by atoms with Gasteiger partial charge in [0.2, 0.25) is 0 Å². The third-order valence-corrected chi connectivity index (χ3v) is 2.15. The highest BCUT2D eigenvalue weighted by Crippen LogP contribution is 2.23. The molecule has 0 aliphatic heterocycles. The number of benzene rings is 1. The standard InChI is InChI=1S/C9H5Cl2N2/c10-7-2-3-9(8(11)6-7)13-5-1-4-12-13/h1-3,5-6H. The van der Waals surface area contributed by atoms with Gasteiger partial charge in [-0.1, -0.05) is 23.2 Å². The molecule has 1 aromatic heterocycles. The first kappa shape index (κ1) is 8.60. The Balaban J connectivity index is 2.53. The molecule has 2 rings (SSSR count). The van der Waals surface area contributed by atoms with Gasteiger partial charge in [-0.05, 0) is 24.3 Å². The summed E-state index contributed by atoms with van der Waals surface area (Å²) in [5.74, 6) is 0. The van der Waals surface area contributed by atoms with E-state index in [1.54, 1.807) is 29.1 Å². The van der Waals surface area contributed by atoms with Crippen LogP contribution < -0.4 is 0 Å². The molecule has 1 heterocycles. The van der Waals surface area contributed by atoms with Gasteiger partial charge < -0.3 is 0 Å². The first-order valence-electron chi connectivity index (χ1n) is 3.64. The molecule has 1 aromatic carbocycles. The third-order valence-electron chi connectivity index (χ3n) is 1.61. The van der Waals surface area contributed by atoms with Gasteiger partial charge >= 0.3 is 0 Å². The molecule has 0 fully saturated rings. The molecule has 0 atom stereocenters. The van der Waals surface area contributed by atoms with E-state index in [1.165, 1.54) is 0 Å². The van der Waals surface area contributed by atoms with E-state index in [9.17, 15) is 0 Å². The maximum atomic E-state index is 5.96. The van der Waals surface area contributed by atoms with Crippen LogP contribution in [0.4, 0.5) is 0 Å². The molecule has 0 N–H and O–H groups in total. The van der Waals surface area contributed by atoms with Crippen LogP contribution in [-0.4, -0.2) is 9.78 Å². The van der Waals surface area contributed by atoms with Gasteiger partial charge in [0.1, 0.15) is 6.20 Å². The van der Waals surface area contributed by atoms with Gasteiger partial charge in [-0.15, -0.1) is 0 Å². The van der Waals surface area contributed by atoms with Crippen LogP contribution in [0, 0.1) is 6.20 Å². The van der Waals surface area contributed by atoms with Gasteiger partial charge in [0.05, 0.1) is 10.7 Å². The molecular formula is C9H5Cl2N2. The van der Waals surface area contributed by atoms with Crippen LogP contribution in [-0.2, 0) is 0 Å². The third kappa shape index (κ3) is 1.69. The van der Waals surface area contributed by atoms with Crippen LogP contribution >= 0.6 is 23.2 Å². The normalized spacial score (nSPS) is 10.3. The zero-order chi connectivity index (χ0) is 9.26. The van der Waals surface area contributed by atoms with E-state index in [-0.39, 0.29) is 0 Å². The van der Waals surface area contributed by atoms with E-state index < -0.39 is 0 Å². The fourth-order valence-electron chi connectivity index (χ4n) is 1.03. The summed E-state index contributed by atoms with van der Waals surface area (Å²) in [5, 5.41) is 5.13. The molecule has 0 aliphatic carbocycles. The lowest BCUT2D eigenvalue weighted by Crippen LogP contribution is -1.94. The van der Waals surface area contributed by atoms with Crippen LogP contribution in [0.3, 0.4) is 0 Å². The largest absolute Gasteiger partial charge is 0.239 e. The van der Waals surface area contributed by atoms with Crippen LogP contribution in [0.25, 0.3) is 5.69 Å². The highest BCUT2D eigenvalue weighted by molar-refractivity contribution is 6.35. The highest BCUT2D eigenvalue weighted by atomic mass is 35.5. The maximum Gasteiger partial charge on any atom is 0.113 e. The van der Waals surface area contributed by atoms with Gasteiger partial charge in [0, 0.05) is 11.2 Å². The molecular weight excluding hydrogens is 207 g/mol. The summed E-state index contributed by atoms with van der Waals surface area (Å²) in [6.45, 7) is 0. The van der Waals surface area contributed by atoms with Crippen molar-refractivity contribution in [3.05, 3.63) is 46.7 Å². The minimum Gasteiger partial charge on any atom is -0.239 e. The molecule has 2 aromatic rings. The summed E-state index contributed by atoms with van der Waals surface area (Å²) >= 11 is 11.7. The molecule has 0 saturated carbocycles. The van der Waals surface area contributed by atoms with Crippen molar-refractivity contribution >= 4 is 23.2 Å². The Bertz CT molecular complexity index is 410. The second-order valence-electron chi connectivity index (χ2n) is 2.49. The van der Waals surface area contributed by atoms with Crippen molar-refractivity contribution in [1.82, 2.24) is 9.78 Å². The Morgan fingerprint density at radius 3 is 2.77 bits per heavy atom. The zero-order valence-electron chi connectivity index (χ0n) is 6.54. The Kier molecular flexibility index (Phi) is 2.25. The summed E-state index contributed by atoms with van der Waals surface area (Å²) in [6, 6.07) is 6.97. The first-order chi connectivity index (χ1) is 6.27. The minimum atomic E-state index is 0.574. The van der Waals surface area contributed by atoms with Gasteiger partial charge in [-0.2, -0.15) is 5.10 Å². The van der Waals surface area contributed by atoms with Crippen LogP contribution in [0.2, 0.25) is 10.0 Å². The Hall–Kier alpha value is -0.990. The number of halogens is 2. The summed E-state index contributed by atoms with van der Waals surface area (Å²) < 4.78 is 1.64. The average Bonchev–Trinajstić information content (AvgIpc) is 2.56. The molecule has 0 aliphatic rings. The molecule has 2 nitrogen and oxygen atoms in total. The maximum absolute atomic E-state index is 5.96. The van der Waals surface area contributed by atoms with Crippen LogP contribution in [0.1, 0.15) is 0 Å². The molecule has 0 bridgehead atoms. The molecule has 0 saturated heterocycles. The van der Waals surface area contributed by atoms with Crippen molar-refractivity contribution < 1.29 is 0 Å². The van der Waals surface area contributed by atoms with E-state index in [4.69, 9.17) is 23.2 Å². The summed E-state index contributed by atoms with van der Waals surface area (Å²) in [6.07, 6.45) is 4.46. The molecule has 4 heteroatoms. The van der Waals surface area contributed by atoms with E-state index in [0.717, 1.165) is 5.69 Å². The molecule has 0 unspecified atom stereocenters. The van der Waals surface area contributed by atoms with Crippen molar-refractivity contribution in [3.63, 3.8) is 0 Å². The summed E-state index contributed by atoms with van der Waals surface area (Å²) in [5.41, 5.74) is 0.798. The first-order valence-corrected chi connectivity index (χ1v) is 4.40. The average molecular weight is 212 g/mol. The highest BCUT2D eigenvalue weighted by Gasteiger charge is 2.02. The Labute approximate surface area is 85.7 Å². The molecule has 1 radical (unpaired) electrons. The number of hydrogen-bond donors (Lipinski definition) is 0. The van der Waals surface area contributed by atoms with Crippen LogP contribution in [0.15, 0.2) is 30.5 Å². The lowest BCUT2D eigenvalue weighted by Gasteiger charge is -2.03. The zero-order valence-corrected chi connectivity index (χ0v) is 8.05. The minimum absolute atomic E-state index is 0.574.